The number of aromatic nitrogens is 1. The summed E-state index contributed by atoms with van der Waals surface area (Å²) in [5.74, 6) is 0. The van der Waals surface area contributed by atoms with E-state index in [0.717, 1.165) is 11.3 Å². The molecule has 0 aliphatic heterocycles. The Kier molecular flexibility index (Phi) is 3.94. The molecule has 0 saturated carbocycles. The molecule has 0 bridgehead atoms. The van der Waals surface area contributed by atoms with E-state index in [9.17, 15) is 4.79 Å². The van der Waals surface area contributed by atoms with E-state index in [4.69, 9.17) is 4.74 Å². The topological polar surface area (TPSA) is 43.6 Å². The Hall–Kier alpha value is -1.88. The summed E-state index contributed by atoms with van der Waals surface area (Å²) >= 11 is 1.40. The van der Waals surface area contributed by atoms with Crippen LogP contribution in [0.3, 0.4) is 0 Å². The molecule has 1 amide bonds. The van der Waals surface area contributed by atoms with Crippen molar-refractivity contribution >= 4 is 17.4 Å². The molecule has 94 valence electrons. The van der Waals surface area contributed by atoms with Gasteiger partial charge in [-0.15, -0.1) is 16.3 Å². The highest BCUT2D eigenvalue weighted by atomic mass is 32.1. The largest absolute Gasteiger partial charge is 0.448 e. The molecular formula is C13H14N2O2S. The number of thiazole rings is 1. The van der Waals surface area contributed by atoms with Crippen LogP contribution in [0.2, 0.25) is 0 Å². The van der Waals surface area contributed by atoms with Gasteiger partial charge >= 0.3 is 6.09 Å². The Labute approximate surface area is 109 Å². The monoisotopic (exact) mass is 262 g/mol. The third-order valence-corrected chi connectivity index (χ3v) is 3.18. The van der Waals surface area contributed by atoms with E-state index >= 15 is 0 Å². The molecule has 0 N–H and O–H groups in total. The van der Waals surface area contributed by atoms with E-state index in [2.05, 4.69) is 4.99 Å². The molecular weight excluding hydrogens is 248 g/mol. The number of rotatable bonds is 2. The molecule has 0 spiro atoms. The second-order valence-corrected chi connectivity index (χ2v) is 4.53. The van der Waals surface area contributed by atoms with Gasteiger partial charge in [-0.1, -0.05) is 18.2 Å². The standard InChI is InChI=1S/C13H14N2O2S/c1-3-17-13(16)14-12-15(8-9-18-12)11-7-5-4-6-10(11)2/h4-9H,3H2,1-2H3/b14-12-. The van der Waals surface area contributed by atoms with Gasteiger partial charge in [0.05, 0.1) is 12.3 Å². The van der Waals surface area contributed by atoms with Gasteiger partial charge in [0.15, 0.2) is 0 Å². The number of nitrogens with zero attached hydrogens (tertiary/aromatic N) is 2. The van der Waals surface area contributed by atoms with Crippen LogP contribution < -0.4 is 4.80 Å². The maximum Gasteiger partial charge on any atom is 0.436 e. The lowest BCUT2D eigenvalue weighted by Crippen LogP contribution is -2.15. The smallest absolute Gasteiger partial charge is 0.436 e. The summed E-state index contributed by atoms with van der Waals surface area (Å²) < 4.78 is 6.71. The highest BCUT2D eigenvalue weighted by molar-refractivity contribution is 7.07. The average molecular weight is 262 g/mol. The molecule has 0 aliphatic carbocycles. The molecule has 18 heavy (non-hydrogen) atoms. The SMILES string of the molecule is CCOC(=O)/N=c1\sccn1-c1ccccc1C. The van der Waals surface area contributed by atoms with Crippen LogP contribution in [-0.4, -0.2) is 17.3 Å². The predicted molar refractivity (Wildman–Crippen MR) is 71.0 cm³/mol. The summed E-state index contributed by atoms with van der Waals surface area (Å²) in [5.41, 5.74) is 2.14. The summed E-state index contributed by atoms with van der Waals surface area (Å²) in [6, 6.07) is 7.95. The minimum atomic E-state index is -0.553. The number of hydrogen-bond donors (Lipinski definition) is 0. The van der Waals surface area contributed by atoms with E-state index in [1.165, 1.54) is 11.3 Å². The van der Waals surface area contributed by atoms with Crippen LogP contribution in [0, 0.1) is 6.92 Å². The van der Waals surface area contributed by atoms with Crippen molar-refractivity contribution in [3.8, 4) is 5.69 Å². The Morgan fingerprint density at radius 2 is 2.22 bits per heavy atom. The summed E-state index contributed by atoms with van der Waals surface area (Å²) in [6.07, 6.45) is 1.34. The molecule has 0 unspecified atom stereocenters. The minimum absolute atomic E-state index is 0.331. The van der Waals surface area contributed by atoms with Crippen LogP contribution in [0.15, 0.2) is 40.8 Å². The minimum Gasteiger partial charge on any atom is -0.448 e. The average Bonchev–Trinajstić information content (AvgIpc) is 2.78. The van der Waals surface area contributed by atoms with Gasteiger partial charge in [-0.2, -0.15) is 0 Å². The number of para-hydroxylation sites is 1. The molecule has 0 atom stereocenters. The molecule has 2 aromatic rings. The fraction of sp³-hybridized carbons (Fsp3) is 0.231. The number of ether oxygens (including phenoxy) is 1. The molecule has 1 aromatic carbocycles. The van der Waals surface area contributed by atoms with Gasteiger partial charge in [0.2, 0.25) is 4.80 Å². The van der Waals surface area contributed by atoms with Gasteiger partial charge in [0.1, 0.15) is 0 Å². The van der Waals surface area contributed by atoms with Crippen molar-refractivity contribution in [1.29, 1.82) is 0 Å². The maximum atomic E-state index is 11.4. The normalized spacial score (nSPS) is 11.6. The summed E-state index contributed by atoms with van der Waals surface area (Å²) in [6.45, 7) is 4.11. The summed E-state index contributed by atoms with van der Waals surface area (Å²) in [5, 5.41) is 1.89. The van der Waals surface area contributed by atoms with Crippen molar-refractivity contribution in [2.24, 2.45) is 4.99 Å². The van der Waals surface area contributed by atoms with Crippen molar-refractivity contribution in [3.63, 3.8) is 0 Å². The zero-order valence-corrected chi connectivity index (χ0v) is 11.1. The first-order valence-electron chi connectivity index (χ1n) is 5.66. The molecule has 1 aromatic heterocycles. The van der Waals surface area contributed by atoms with Gasteiger partial charge in [-0.3, -0.25) is 4.57 Å². The number of aryl methyl sites for hydroxylation is 1. The van der Waals surface area contributed by atoms with Crippen molar-refractivity contribution in [3.05, 3.63) is 46.2 Å². The van der Waals surface area contributed by atoms with Gasteiger partial charge in [-0.05, 0) is 25.5 Å². The van der Waals surface area contributed by atoms with Crippen LogP contribution in [0.4, 0.5) is 4.79 Å². The summed E-state index contributed by atoms with van der Waals surface area (Å²) in [7, 11) is 0. The highest BCUT2D eigenvalue weighted by Gasteiger charge is 2.04. The zero-order valence-electron chi connectivity index (χ0n) is 10.3. The maximum absolute atomic E-state index is 11.4. The molecule has 0 radical (unpaired) electrons. The third kappa shape index (κ3) is 2.68. The van der Waals surface area contributed by atoms with Crippen LogP contribution in [0.1, 0.15) is 12.5 Å². The number of amides is 1. The second kappa shape index (κ2) is 5.64. The predicted octanol–water partition coefficient (Wildman–Crippen LogP) is 2.90. The van der Waals surface area contributed by atoms with Crippen LogP contribution in [-0.2, 0) is 4.74 Å². The molecule has 5 heteroatoms. The molecule has 0 saturated heterocycles. The molecule has 1 heterocycles. The Balaban J connectivity index is 2.46. The quantitative estimate of drug-likeness (QED) is 0.835. The fourth-order valence-corrected chi connectivity index (χ4v) is 2.31. The van der Waals surface area contributed by atoms with E-state index in [0.29, 0.717) is 11.4 Å². The number of benzene rings is 1. The first kappa shape index (κ1) is 12.6. The lowest BCUT2D eigenvalue weighted by Gasteiger charge is -2.06. The third-order valence-electron chi connectivity index (χ3n) is 2.42. The number of hydrogen-bond acceptors (Lipinski definition) is 3. The van der Waals surface area contributed by atoms with Gasteiger partial charge < -0.3 is 4.74 Å². The lowest BCUT2D eigenvalue weighted by atomic mass is 10.2. The van der Waals surface area contributed by atoms with Crippen LogP contribution >= 0.6 is 11.3 Å². The number of carbonyl (C=O) groups excluding carboxylic acids is 1. The van der Waals surface area contributed by atoms with Gasteiger partial charge in [0.25, 0.3) is 0 Å². The second-order valence-electron chi connectivity index (χ2n) is 3.65. The Morgan fingerprint density at radius 1 is 1.44 bits per heavy atom. The Bertz CT molecular complexity index is 613. The van der Waals surface area contributed by atoms with E-state index in [1.54, 1.807) is 6.92 Å². The fourth-order valence-electron chi connectivity index (χ4n) is 1.60. The molecule has 2 rings (SSSR count). The Morgan fingerprint density at radius 3 is 2.94 bits per heavy atom. The van der Waals surface area contributed by atoms with Crippen molar-refractivity contribution in [2.75, 3.05) is 6.61 Å². The van der Waals surface area contributed by atoms with E-state index in [-0.39, 0.29) is 0 Å². The van der Waals surface area contributed by atoms with E-state index in [1.807, 2.05) is 47.3 Å². The van der Waals surface area contributed by atoms with Gasteiger partial charge in [0, 0.05) is 11.6 Å². The highest BCUT2D eigenvalue weighted by Crippen LogP contribution is 2.11. The lowest BCUT2D eigenvalue weighted by molar-refractivity contribution is 0.162. The first-order valence-corrected chi connectivity index (χ1v) is 6.54. The summed E-state index contributed by atoms with van der Waals surface area (Å²) in [4.78, 5) is 15.9. The zero-order chi connectivity index (χ0) is 13.0. The van der Waals surface area contributed by atoms with E-state index < -0.39 is 6.09 Å². The van der Waals surface area contributed by atoms with Crippen molar-refractivity contribution < 1.29 is 9.53 Å². The van der Waals surface area contributed by atoms with Crippen LogP contribution in [0.25, 0.3) is 5.69 Å². The molecule has 4 nitrogen and oxygen atoms in total. The number of carbonyl (C=O) groups is 1. The molecule has 0 fully saturated rings. The van der Waals surface area contributed by atoms with Crippen molar-refractivity contribution in [2.45, 2.75) is 13.8 Å². The first-order chi connectivity index (χ1) is 8.72. The van der Waals surface area contributed by atoms with Crippen LogP contribution in [0.5, 0.6) is 0 Å². The van der Waals surface area contributed by atoms with Gasteiger partial charge in [-0.25, -0.2) is 4.79 Å². The molecule has 0 aliphatic rings. The van der Waals surface area contributed by atoms with Crippen molar-refractivity contribution in [1.82, 2.24) is 4.57 Å².